The molecule has 48 valence electrons. The topological polar surface area (TPSA) is 32.6 Å². The van der Waals surface area contributed by atoms with Crippen LogP contribution in [0.25, 0.3) is 0 Å². The summed E-state index contributed by atoms with van der Waals surface area (Å²) in [6.45, 7) is 0. The highest BCUT2D eigenvalue weighted by atomic mass is 35.6. The first-order chi connectivity index (χ1) is 3.48. The molecule has 0 bridgehead atoms. The SMILES string of the molecule is O/N=C(\Cl)C(Cl)(Cl)Cl. The van der Waals surface area contributed by atoms with Crippen molar-refractivity contribution < 1.29 is 5.21 Å². The third-order valence-electron chi connectivity index (χ3n) is 0.322. The molecular weight excluding hydrogens is 196 g/mol. The van der Waals surface area contributed by atoms with Crippen molar-refractivity contribution in [1.82, 2.24) is 0 Å². The molecule has 0 fully saturated rings. The molecule has 0 amide bonds. The van der Waals surface area contributed by atoms with Gasteiger partial charge in [-0.15, -0.1) is 0 Å². The molecule has 0 heterocycles. The molecule has 0 aliphatic heterocycles. The molecule has 0 atom stereocenters. The first kappa shape index (κ1) is 8.63. The van der Waals surface area contributed by atoms with Crippen LogP contribution in [0.2, 0.25) is 0 Å². The van der Waals surface area contributed by atoms with Gasteiger partial charge in [0.2, 0.25) is 3.79 Å². The van der Waals surface area contributed by atoms with Gasteiger partial charge in [-0.1, -0.05) is 51.6 Å². The van der Waals surface area contributed by atoms with Crippen molar-refractivity contribution in [3.05, 3.63) is 0 Å². The maximum Gasteiger partial charge on any atom is 0.246 e. The second-order valence-electron chi connectivity index (χ2n) is 0.889. The van der Waals surface area contributed by atoms with Crippen molar-refractivity contribution in [1.29, 1.82) is 0 Å². The maximum atomic E-state index is 7.87. The van der Waals surface area contributed by atoms with E-state index in [1.54, 1.807) is 0 Å². The Morgan fingerprint density at radius 1 is 1.38 bits per heavy atom. The van der Waals surface area contributed by atoms with Gasteiger partial charge in [-0.25, -0.2) is 0 Å². The second kappa shape index (κ2) is 2.97. The van der Waals surface area contributed by atoms with Gasteiger partial charge in [0.1, 0.15) is 0 Å². The summed E-state index contributed by atoms with van der Waals surface area (Å²) in [7, 11) is 0. The van der Waals surface area contributed by atoms with Crippen LogP contribution in [0.3, 0.4) is 0 Å². The Balaban J connectivity index is 4.03. The zero-order valence-electron chi connectivity index (χ0n) is 3.41. The van der Waals surface area contributed by atoms with Crippen LogP contribution in [0.1, 0.15) is 0 Å². The maximum absolute atomic E-state index is 7.87. The summed E-state index contributed by atoms with van der Waals surface area (Å²) >= 11 is 20.3. The van der Waals surface area contributed by atoms with Gasteiger partial charge in [0.05, 0.1) is 0 Å². The molecule has 6 heteroatoms. The predicted octanol–water partition coefficient (Wildman–Crippen LogP) is 2.38. The highest BCUT2D eigenvalue weighted by molar-refractivity contribution is 6.89. The van der Waals surface area contributed by atoms with Gasteiger partial charge in [0.25, 0.3) is 0 Å². The number of hydrogen-bond acceptors (Lipinski definition) is 2. The van der Waals surface area contributed by atoms with E-state index in [1.807, 2.05) is 0 Å². The Labute approximate surface area is 66.0 Å². The van der Waals surface area contributed by atoms with Gasteiger partial charge in [-0.05, 0) is 0 Å². The lowest BCUT2D eigenvalue weighted by Gasteiger charge is -2.03. The van der Waals surface area contributed by atoms with Crippen molar-refractivity contribution in [2.24, 2.45) is 5.16 Å². The number of oxime groups is 1. The molecule has 0 unspecified atom stereocenters. The summed E-state index contributed by atoms with van der Waals surface area (Å²) in [5.74, 6) is 0. The summed E-state index contributed by atoms with van der Waals surface area (Å²) in [5, 5.41) is 9.85. The fourth-order valence-corrected chi connectivity index (χ4v) is 0.170. The number of alkyl halides is 3. The third-order valence-corrected chi connectivity index (χ3v) is 1.51. The summed E-state index contributed by atoms with van der Waals surface area (Å²) < 4.78 is -1.81. The highest BCUT2D eigenvalue weighted by Crippen LogP contribution is 2.29. The Kier molecular flexibility index (Phi) is 3.20. The minimum absolute atomic E-state index is 0.470. The van der Waals surface area contributed by atoms with Gasteiger partial charge in [-0.2, -0.15) is 0 Å². The van der Waals surface area contributed by atoms with E-state index in [0.29, 0.717) is 0 Å². The van der Waals surface area contributed by atoms with E-state index in [-0.39, 0.29) is 0 Å². The van der Waals surface area contributed by atoms with Crippen molar-refractivity contribution in [3.8, 4) is 0 Å². The second-order valence-corrected chi connectivity index (χ2v) is 3.53. The van der Waals surface area contributed by atoms with Crippen molar-refractivity contribution in [2.45, 2.75) is 3.79 Å². The number of hydrogen-bond donors (Lipinski definition) is 1. The van der Waals surface area contributed by atoms with Crippen LogP contribution in [0, 0.1) is 0 Å². The monoisotopic (exact) mass is 195 g/mol. The van der Waals surface area contributed by atoms with Gasteiger partial charge in [0.15, 0.2) is 5.17 Å². The molecule has 0 radical (unpaired) electrons. The molecule has 0 rings (SSSR count). The lowest BCUT2D eigenvalue weighted by atomic mass is 10.8. The smallest absolute Gasteiger partial charge is 0.246 e. The fraction of sp³-hybridized carbons (Fsp3) is 0.500. The van der Waals surface area contributed by atoms with E-state index < -0.39 is 8.96 Å². The molecular formula is C2HCl4NO. The molecule has 1 N–H and O–H groups in total. The van der Waals surface area contributed by atoms with E-state index in [4.69, 9.17) is 51.6 Å². The molecule has 0 spiro atoms. The minimum Gasteiger partial charge on any atom is -0.410 e. The van der Waals surface area contributed by atoms with Crippen LogP contribution in [0.15, 0.2) is 5.16 Å². The van der Waals surface area contributed by atoms with Crippen molar-refractivity contribution >= 4 is 51.6 Å². The average Bonchev–Trinajstić information content (AvgIpc) is 1.62. The number of rotatable bonds is 0. The number of nitrogens with zero attached hydrogens (tertiary/aromatic N) is 1. The quantitative estimate of drug-likeness (QED) is 0.275. The van der Waals surface area contributed by atoms with E-state index >= 15 is 0 Å². The van der Waals surface area contributed by atoms with E-state index in [2.05, 4.69) is 5.16 Å². The predicted molar refractivity (Wildman–Crippen MR) is 35.4 cm³/mol. The standard InChI is InChI=1S/C2HCl4NO/c3-1(7-8)2(4,5)6/h8H/b7-1-. The van der Waals surface area contributed by atoms with Crippen LogP contribution in [0.5, 0.6) is 0 Å². The van der Waals surface area contributed by atoms with E-state index in [0.717, 1.165) is 0 Å². The van der Waals surface area contributed by atoms with Crippen LogP contribution in [-0.2, 0) is 0 Å². The Bertz CT molecular complexity index is 105. The molecule has 0 aromatic heterocycles. The zero-order chi connectivity index (χ0) is 6.78. The molecule has 0 aliphatic rings. The third kappa shape index (κ3) is 2.82. The van der Waals surface area contributed by atoms with Gasteiger partial charge in [0, 0.05) is 0 Å². The van der Waals surface area contributed by atoms with E-state index in [9.17, 15) is 0 Å². The average molecular weight is 197 g/mol. The van der Waals surface area contributed by atoms with Crippen LogP contribution < -0.4 is 0 Å². The summed E-state index contributed by atoms with van der Waals surface area (Å²) in [6, 6.07) is 0. The van der Waals surface area contributed by atoms with Gasteiger partial charge < -0.3 is 5.21 Å². The van der Waals surface area contributed by atoms with Crippen molar-refractivity contribution in [3.63, 3.8) is 0 Å². The first-order valence-electron chi connectivity index (χ1n) is 1.43. The molecule has 2 nitrogen and oxygen atoms in total. The Morgan fingerprint density at radius 3 is 1.75 bits per heavy atom. The molecule has 8 heavy (non-hydrogen) atoms. The number of halogens is 4. The molecule has 0 aromatic carbocycles. The molecule has 0 saturated heterocycles. The summed E-state index contributed by atoms with van der Waals surface area (Å²) in [6.07, 6.45) is 0. The van der Waals surface area contributed by atoms with Crippen LogP contribution in [-0.4, -0.2) is 14.2 Å². The van der Waals surface area contributed by atoms with Crippen LogP contribution in [0.4, 0.5) is 0 Å². The fourth-order valence-electron chi connectivity index (χ4n) is 0.0567. The highest BCUT2D eigenvalue weighted by Gasteiger charge is 2.26. The zero-order valence-corrected chi connectivity index (χ0v) is 6.43. The summed E-state index contributed by atoms with van der Waals surface area (Å²) in [4.78, 5) is 0. The first-order valence-corrected chi connectivity index (χ1v) is 2.94. The van der Waals surface area contributed by atoms with Crippen molar-refractivity contribution in [2.75, 3.05) is 0 Å². The van der Waals surface area contributed by atoms with E-state index in [1.165, 1.54) is 0 Å². The van der Waals surface area contributed by atoms with Crippen LogP contribution >= 0.6 is 46.4 Å². The van der Waals surface area contributed by atoms with Gasteiger partial charge in [-0.3, -0.25) is 0 Å². The summed E-state index contributed by atoms with van der Waals surface area (Å²) in [5.41, 5.74) is 0. The lowest BCUT2D eigenvalue weighted by molar-refractivity contribution is 0.320. The molecule has 0 aromatic rings. The molecule has 0 saturated carbocycles. The normalized spacial score (nSPS) is 14.2. The lowest BCUT2D eigenvalue weighted by Crippen LogP contribution is -2.11. The largest absolute Gasteiger partial charge is 0.410 e. The minimum atomic E-state index is -1.81. The Hall–Kier alpha value is 0.630. The molecule has 0 aliphatic carbocycles. The Morgan fingerprint density at radius 2 is 1.75 bits per heavy atom. The van der Waals surface area contributed by atoms with Gasteiger partial charge >= 0.3 is 0 Å².